The van der Waals surface area contributed by atoms with E-state index in [1.807, 2.05) is 0 Å². The highest BCUT2D eigenvalue weighted by Crippen LogP contribution is 2.79. The third kappa shape index (κ3) is 2.80. The Bertz CT molecular complexity index is 1180. The smallest absolute Gasteiger partial charge is 0.241 e. The molecule has 0 aliphatic heterocycles. The van der Waals surface area contributed by atoms with Crippen LogP contribution in [0.4, 0.5) is 0 Å². The molecule has 0 radical (unpaired) electrons. The Labute approximate surface area is 199 Å². The third-order valence-electron chi connectivity index (χ3n) is 9.86. The summed E-state index contributed by atoms with van der Waals surface area (Å²) >= 11 is 6.15. The molecule has 178 valence electrons. The van der Waals surface area contributed by atoms with Gasteiger partial charge >= 0.3 is 0 Å². The SMILES string of the molecule is Cc1c(Cl)cccc1S(=O)(=O)NC1(C(=O)NC2C3CC4C5(C3)CC2CC4(C(N)=O)C5)CCC1. The average Bonchev–Trinajstić information content (AvgIpc) is 2.94. The van der Waals surface area contributed by atoms with Gasteiger partial charge in [0.1, 0.15) is 5.54 Å². The summed E-state index contributed by atoms with van der Waals surface area (Å²) in [4.78, 5) is 26.0. The first-order valence-electron chi connectivity index (χ1n) is 11.9. The number of carbonyl (C=O) groups is 2. The zero-order chi connectivity index (χ0) is 23.4. The molecule has 0 heterocycles. The fourth-order valence-electron chi connectivity index (χ4n) is 8.40. The Hall–Kier alpha value is -1.64. The Morgan fingerprint density at radius 1 is 1.15 bits per heavy atom. The average molecular weight is 492 g/mol. The van der Waals surface area contributed by atoms with E-state index in [1.54, 1.807) is 19.1 Å². The molecule has 6 fully saturated rings. The predicted molar refractivity (Wildman–Crippen MR) is 123 cm³/mol. The summed E-state index contributed by atoms with van der Waals surface area (Å²) in [6.45, 7) is 1.67. The molecule has 6 unspecified atom stereocenters. The number of carbonyl (C=O) groups excluding carboxylic acids is 2. The number of benzene rings is 1. The molecular weight excluding hydrogens is 462 g/mol. The lowest BCUT2D eigenvalue weighted by molar-refractivity contribution is -0.192. The van der Waals surface area contributed by atoms with Crippen LogP contribution in [-0.2, 0) is 19.6 Å². The summed E-state index contributed by atoms with van der Waals surface area (Å²) in [7, 11) is -3.92. The zero-order valence-corrected chi connectivity index (χ0v) is 20.3. The minimum atomic E-state index is -3.92. The van der Waals surface area contributed by atoms with Crippen LogP contribution in [0.3, 0.4) is 0 Å². The van der Waals surface area contributed by atoms with Crippen LogP contribution >= 0.6 is 11.6 Å². The highest BCUT2D eigenvalue weighted by Gasteiger charge is 2.76. The predicted octanol–water partition coefficient (Wildman–Crippen LogP) is 2.65. The molecule has 9 heteroatoms. The molecule has 6 atom stereocenters. The van der Waals surface area contributed by atoms with Gasteiger partial charge in [0.15, 0.2) is 0 Å². The summed E-state index contributed by atoms with van der Waals surface area (Å²) in [5.41, 5.74) is 5.04. The maximum absolute atomic E-state index is 13.6. The van der Waals surface area contributed by atoms with Crippen molar-refractivity contribution in [3.63, 3.8) is 0 Å². The molecule has 7 nitrogen and oxygen atoms in total. The number of hydrogen-bond acceptors (Lipinski definition) is 4. The van der Waals surface area contributed by atoms with Gasteiger partial charge in [-0.05, 0) is 99.2 Å². The monoisotopic (exact) mass is 491 g/mol. The number of halogens is 1. The number of amides is 2. The van der Waals surface area contributed by atoms with Crippen LogP contribution in [0.15, 0.2) is 23.1 Å². The van der Waals surface area contributed by atoms with Gasteiger partial charge in [-0.1, -0.05) is 17.7 Å². The highest BCUT2D eigenvalue weighted by molar-refractivity contribution is 7.89. The Morgan fingerprint density at radius 2 is 1.88 bits per heavy atom. The second-order valence-electron chi connectivity index (χ2n) is 11.4. The summed E-state index contributed by atoms with van der Waals surface area (Å²) in [6, 6.07) is 4.75. The van der Waals surface area contributed by atoms with E-state index in [2.05, 4.69) is 10.0 Å². The van der Waals surface area contributed by atoms with Crippen molar-refractivity contribution in [3.8, 4) is 0 Å². The first-order valence-corrected chi connectivity index (χ1v) is 13.8. The molecule has 0 saturated heterocycles. The third-order valence-corrected chi connectivity index (χ3v) is 11.9. The van der Waals surface area contributed by atoms with Gasteiger partial charge < -0.3 is 11.1 Å². The summed E-state index contributed by atoms with van der Waals surface area (Å²) in [5.74, 6) is 0.505. The van der Waals surface area contributed by atoms with Gasteiger partial charge in [-0.2, -0.15) is 4.72 Å². The number of rotatable bonds is 6. The quantitative estimate of drug-likeness (QED) is 0.566. The first-order chi connectivity index (χ1) is 15.5. The number of primary amides is 1. The van der Waals surface area contributed by atoms with E-state index in [0.29, 0.717) is 35.3 Å². The highest BCUT2D eigenvalue weighted by atomic mass is 35.5. The first kappa shape index (κ1) is 21.9. The number of fused-ring (bicyclic) bond motifs is 1. The molecule has 1 aromatic rings. The molecule has 33 heavy (non-hydrogen) atoms. The van der Waals surface area contributed by atoms with Gasteiger partial charge in [0.25, 0.3) is 0 Å². The minimum Gasteiger partial charge on any atom is -0.369 e. The van der Waals surface area contributed by atoms with Crippen LogP contribution in [0.1, 0.15) is 56.9 Å². The molecule has 6 aliphatic carbocycles. The van der Waals surface area contributed by atoms with Crippen LogP contribution in [0.25, 0.3) is 0 Å². The maximum atomic E-state index is 13.6. The van der Waals surface area contributed by atoms with Crippen molar-refractivity contribution in [2.75, 3.05) is 0 Å². The fourth-order valence-corrected chi connectivity index (χ4v) is 10.3. The van der Waals surface area contributed by atoms with Crippen LogP contribution in [0.5, 0.6) is 0 Å². The second kappa shape index (κ2) is 6.73. The minimum absolute atomic E-state index is 0.0213. The molecule has 4 N–H and O–H groups in total. The van der Waals surface area contributed by atoms with Crippen molar-refractivity contribution in [3.05, 3.63) is 28.8 Å². The van der Waals surface area contributed by atoms with Crippen molar-refractivity contribution in [2.45, 2.75) is 74.8 Å². The normalized spacial score (nSPS) is 39.5. The lowest BCUT2D eigenvalue weighted by Crippen LogP contribution is -2.69. The van der Waals surface area contributed by atoms with Crippen LogP contribution in [-0.4, -0.2) is 31.8 Å². The zero-order valence-electron chi connectivity index (χ0n) is 18.7. The molecule has 4 bridgehead atoms. The van der Waals surface area contributed by atoms with Crippen molar-refractivity contribution < 1.29 is 18.0 Å². The number of sulfonamides is 1. The lowest BCUT2D eigenvalue weighted by atomic mass is 9.37. The van der Waals surface area contributed by atoms with E-state index in [1.165, 1.54) is 6.07 Å². The van der Waals surface area contributed by atoms with Gasteiger partial charge in [0, 0.05) is 11.1 Å². The van der Waals surface area contributed by atoms with Crippen LogP contribution < -0.4 is 15.8 Å². The molecular formula is C24H30ClN3O4S. The molecule has 0 aromatic heterocycles. The van der Waals surface area contributed by atoms with E-state index in [4.69, 9.17) is 17.3 Å². The van der Waals surface area contributed by atoms with Crippen molar-refractivity contribution in [1.82, 2.24) is 10.0 Å². The van der Waals surface area contributed by atoms with E-state index in [9.17, 15) is 18.0 Å². The second-order valence-corrected chi connectivity index (χ2v) is 13.4. The molecule has 6 saturated carbocycles. The number of hydrogen-bond donors (Lipinski definition) is 3. The topological polar surface area (TPSA) is 118 Å². The Balaban J connectivity index is 1.24. The summed E-state index contributed by atoms with van der Waals surface area (Å²) in [6.07, 6.45) is 6.40. The van der Waals surface area contributed by atoms with Gasteiger partial charge in [-0.15, -0.1) is 0 Å². The van der Waals surface area contributed by atoms with Crippen LogP contribution in [0.2, 0.25) is 5.02 Å². The summed E-state index contributed by atoms with van der Waals surface area (Å²) < 4.78 is 29.2. The van der Waals surface area contributed by atoms with E-state index < -0.39 is 21.0 Å². The summed E-state index contributed by atoms with van der Waals surface area (Å²) in [5, 5.41) is 3.64. The van der Waals surface area contributed by atoms with Gasteiger partial charge in [0.05, 0.1) is 10.3 Å². The lowest BCUT2D eigenvalue weighted by Gasteiger charge is -2.66. The van der Waals surface area contributed by atoms with E-state index in [0.717, 1.165) is 38.5 Å². The largest absolute Gasteiger partial charge is 0.369 e. The van der Waals surface area contributed by atoms with Gasteiger partial charge in [-0.25, -0.2) is 8.42 Å². The van der Waals surface area contributed by atoms with E-state index >= 15 is 0 Å². The molecule has 1 aromatic carbocycles. The standard InChI is InChI=1S/C24H30ClN3O4S/c1-13-16(25)4-2-5-17(13)33(31,32)28-24(6-3-7-24)21(30)27-19-14-8-18-22(9-14)10-15(19)11-23(18,12-22)20(26)29/h2,4-5,14-15,18-19,28H,3,6-12H2,1H3,(H2,26,29)(H,27,30). The van der Waals surface area contributed by atoms with Crippen molar-refractivity contribution >= 4 is 33.4 Å². The number of nitrogens with two attached hydrogens (primary N) is 1. The molecule has 2 amide bonds. The fraction of sp³-hybridized carbons (Fsp3) is 0.667. The van der Waals surface area contributed by atoms with Crippen molar-refractivity contribution in [1.29, 1.82) is 0 Å². The van der Waals surface area contributed by atoms with Crippen molar-refractivity contribution in [2.24, 2.45) is 34.3 Å². The molecule has 7 rings (SSSR count). The molecule has 6 aliphatic rings. The Kier molecular flexibility index (Phi) is 4.46. The van der Waals surface area contributed by atoms with E-state index in [-0.39, 0.29) is 34.1 Å². The molecule has 1 spiro atoms. The Morgan fingerprint density at radius 3 is 2.55 bits per heavy atom. The number of nitrogens with one attached hydrogen (secondary N) is 2. The van der Waals surface area contributed by atoms with Gasteiger partial charge in [0.2, 0.25) is 21.8 Å². The maximum Gasteiger partial charge on any atom is 0.241 e. The van der Waals surface area contributed by atoms with Gasteiger partial charge in [-0.3, -0.25) is 9.59 Å². The van der Waals surface area contributed by atoms with Crippen LogP contribution in [0, 0.1) is 35.5 Å².